The van der Waals surface area contributed by atoms with Gasteiger partial charge in [-0.1, -0.05) is 47.8 Å². The molecule has 1 N–H and O–H groups in total. The third kappa shape index (κ3) is 5.68. The summed E-state index contributed by atoms with van der Waals surface area (Å²) in [6, 6.07) is 3.94. The second kappa shape index (κ2) is 9.54. The molecular weight excluding hydrogens is 420 g/mol. The summed E-state index contributed by atoms with van der Waals surface area (Å²) in [5, 5.41) is 13.8. The molecule has 142 valence electrons. The molecule has 10 heteroatoms. The maximum atomic E-state index is 12.5. The van der Waals surface area contributed by atoms with Gasteiger partial charge in [0.05, 0.1) is 4.91 Å². The number of amides is 2. The zero-order chi connectivity index (χ0) is 19.2. The lowest BCUT2D eigenvalue weighted by Gasteiger charge is -2.13. The highest BCUT2D eigenvalue weighted by atomic mass is 32.2. The highest BCUT2D eigenvalue weighted by molar-refractivity contribution is 8.26. The zero-order valence-corrected chi connectivity index (χ0v) is 17.9. The Hall–Kier alpha value is -1.62. The summed E-state index contributed by atoms with van der Waals surface area (Å²) >= 11 is 9.64. The van der Waals surface area contributed by atoms with Gasteiger partial charge in [0, 0.05) is 17.8 Å². The topological polar surface area (TPSA) is 75.2 Å². The molecule has 3 rings (SSSR count). The van der Waals surface area contributed by atoms with Gasteiger partial charge >= 0.3 is 0 Å². The highest BCUT2D eigenvalue weighted by Crippen LogP contribution is 2.33. The number of thiophene rings is 1. The Balaban J connectivity index is 1.38. The number of carbonyl (C=O) groups is 2. The van der Waals surface area contributed by atoms with Crippen LogP contribution in [-0.2, 0) is 9.59 Å². The Morgan fingerprint density at radius 3 is 2.89 bits per heavy atom. The van der Waals surface area contributed by atoms with Gasteiger partial charge in [-0.25, -0.2) is 0 Å². The molecule has 2 amide bonds. The van der Waals surface area contributed by atoms with Gasteiger partial charge in [0.25, 0.3) is 5.91 Å². The van der Waals surface area contributed by atoms with Crippen LogP contribution in [0, 0.1) is 6.92 Å². The maximum absolute atomic E-state index is 12.5. The molecule has 0 aromatic carbocycles. The number of nitrogens with one attached hydrogen (secondary N) is 1. The number of aryl methyl sites for hydroxylation is 1. The molecular formula is C17H18N4O2S4. The lowest BCUT2D eigenvalue weighted by Crippen LogP contribution is -2.29. The van der Waals surface area contributed by atoms with Crippen molar-refractivity contribution >= 4 is 74.0 Å². The first kappa shape index (κ1) is 20.1. The van der Waals surface area contributed by atoms with E-state index in [-0.39, 0.29) is 11.8 Å². The van der Waals surface area contributed by atoms with Crippen LogP contribution in [0.15, 0.2) is 22.4 Å². The fraction of sp³-hybridized carbons (Fsp3) is 0.353. The van der Waals surface area contributed by atoms with Crippen LogP contribution in [0.5, 0.6) is 0 Å². The van der Waals surface area contributed by atoms with Gasteiger partial charge in [-0.3, -0.25) is 14.5 Å². The van der Waals surface area contributed by atoms with E-state index in [1.165, 1.54) is 23.1 Å². The van der Waals surface area contributed by atoms with Crippen molar-refractivity contribution in [1.29, 1.82) is 0 Å². The molecule has 0 unspecified atom stereocenters. The largest absolute Gasteiger partial charge is 0.301 e. The van der Waals surface area contributed by atoms with E-state index < -0.39 is 0 Å². The number of hydrogen-bond acceptors (Lipinski definition) is 8. The Bertz CT molecular complexity index is 860. The van der Waals surface area contributed by atoms with E-state index in [1.807, 2.05) is 30.5 Å². The third-order valence-corrected chi connectivity index (χ3v) is 6.70. The van der Waals surface area contributed by atoms with Crippen molar-refractivity contribution in [3.8, 4) is 0 Å². The standard InChI is InChI=1S/C17H18N4O2S4/c1-11-19-20-16(26-11)18-14(22)7-3-2-4-8-21-15(23)13(27-17(21)24)10-12-6-5-9-25-12/h5-6,9-10H,2-4,7-8H2,1H3,(H,18,20,22)/b13-10-. The van der Waals surface area contributed by atoms with Crippen LogP contribution in [0.2, 0.25) is 0 Å². The van der Waals surface area contributed by atoms with E-state index in [2.05, 4.69) is 15.5 Å². The van der Waals surface area contributed by atoms with Gasteiger partial charge in [-0.2, -0.15) is 0 Å². The molecule has 0 spiro atoms. The van der Waals surface area contributed by atoms with Gasteiger partial charge in [0.15, 0.2) is 0 Å². The molecule has 2 aromatic rings. The normalized spacial score (nSPS) is 15.7. The van der Waals surface area contributed by atoms with Crippen LogP contribution in [-0.4, -0.2) is 37.8 Å². The first-order valence-electron chi connectivity index (χ1n) is 8.42. The quantitative estimate of drug-likeness (QED) is 0.376. The molecule has 1 aliphatic heterocycles. The molecule has 1 saturated heterocycles. The number of anilines is 1. The number of thioether (sulfide) groups is 1. The predicted molar refractivity (Wildman–Crippen MR) is 116 cm³/mol. The van der Waals surface area contributed by atoms with Crippen molar-refractivity contribution < 1.29 is 9.59 Å². The molecule has 27 heavy (non-hydrogen) atoms. The van der Waals surface area contributed by atoms with Gasteiger partial charge in [0.1, 0.15) is 9.33 Å². The summed E-state index contributed by atoms with van der Waals surface area (Å²) in [7, 11) is 0. The average molecular weight is 439 g/mol. The number of nitrogens with zero attached hydrogens (tertiary/aromatic N) is 3. The van der Waals surface area contributed by atoms with E-state index in [4.69, 9.17) is 12.2 Å². The SMILES string of the molecule is Cc1nnc(NC(=O)CCCCCN2C(=O)/C(=C/c3cccs3)SC2=S)s1. The fourth-order valence-electron chi connectivity index (χ4n) is 2.46. The third-order valence-electron chi connectivity index (χ3n) is 3.75. The van der Waals surface area contributed by atoms with E-state index in [0.717, 1.165) is 29.1 Å². The maximum Gasteiger partial charge on any atom is 0.266 e. The Labute approximate surface area is 175 Å². The van der Waals surface area contributed by atoms with Crippen molar-refractivity contribution in [2.75, 3.05) is 11.9 Å². The number of hydrogen-bond donors (Lipinski definition) is 1. The van der Waals surface area contributed by atoms with Crippen LogP contribution in [0.4, 0.5) is 5.13 Å². The molecule has 0 saturated carbocycles. The first-order chi connectivity index (χ1) is 13.0. The summed E-state index contributed by atoms with van der Waals surface area (Å²) in [6.45, 7) is 2.43. The van der Waals surface area contributed by atoms with Crippen LogP contribution < -0.4 is 5.32 Å². The summed E-state index contributed by atoms with van der Waals surface area (Å²) in [5.41, 5.74) is 0. The van der Waals surface area contributed by atoms with Gasteiger partial charge in [-0.15, -0.1) is 21.5 Å². The minimum absolute atomic E-state index is 0.0252. The Morgan fingerprint density at radius 1 is 1.33 bits per heavy atom. The fourth-order valence-corrected chi connectivity index (χ4v) is 5.10. The number of rotatable bonds is 8. The summed E-state index contributed by atoms with van der Waals surface area (Å²) in [5.74, 6) is -0.0848. The Kier molecular flexibility index (Phi) is 7.11. The Morgan fingerprint density at radius 2 is 2.19 bits per heavy atom. The lowest BCUT2D eigenvalue weighted by molar-refractivity contribution is -0.122. The van der Waals surface area contributed by atoms with E-state index >= 15 is 0 Å². The van der Waals surface area contributed by atoms with Crippen molar-refractivity contribution in [2.24, 2.45) is 0 Å². The number of unbranched alkanes of at least 4 members (excludes halogenated alkanes) is 2. The minimum atomic E-state index is -0.0596. The predicted octanol–water partition coefficient (Wildman–Crippen LogP) is 4.31. The lowest BCUT2D eigenvalue weighted by atomic mass is 10.2. The number of carbonyl (C=O) groups excluding carboxylic acids is 2. The van der Waals surface area contributed by atoms with Crippen LogP contribution in [0.3, 0.4) is 0 Å². The molecule has 1 fully saturated rings. The van der Waals surface area contributed by atoms with Crippen molar-refractivity contribution in [2.45, 2.75) is 32.6 Å². The number of aromatic nitrogens is 2. The summed E-state index contributed by atoms with van der Waals surface area (Å²) in [4.78, 5) is 27.7. The van der Waals surface area contributed by atoms with Crippen LogP contribution in [0.1, 0.15) is 35.6 Å². The smallest absolute Gasteiger partial charge is 0.266 e. The van der Waals surface area contributed by atoms with E-state index in [0.29, 0.717) is 27.3 Å². The molecule has 6 nitrogen and oxygen atoms in total. The molecule has 2 aromatic heterocycles. The zero-order valence-electron chi connectivity index (χ0n) is 14.6. The second-order valence-electron chi connectivity index (χ2n) is 5.83. The molecule has 0 radical (unpaired) electrons. The van der Waals surface area contributed by atoms with E-state index in [1.54, 1.807) is 16.2 Å². The van der Waals surface area contributed by atoms with E-state index in [9.17, 15) is 9.59 Å². The minimum Gasteiger partial charge on any atom is -0.301 e. The molecule has 0 bridgehead atoms. The number of thiocarbonyl (C=S) groups is 1. The van der Waals surface area contributed by atoms with Crippen molar-refractivity contribution in [3.05, 3.63) is 32.3 Å². The molecule has 3 heterocycles. The molecule has 0 atom stereocenters. The second-order valence-corrected chi connectivity index (χ2v) is 9.67. The molecule has 1 aliphatic rings. The average Bonchev–Trinajstić information content (AvgIpc) is 3.33. The van der Waals surface area contributed by atoms with Crippen molar-refractivity contribution in [3.63, 3.8) is 0 Å². The van der Waals surface area contributed by atoms with Gasteiger partial charge in [-0.05, 0) is 37.3 Å². The van der Waals surface area contributed by atoms with Crippen molar-refractivity contribution in [1.82, 2.24) is 15.1 Å². The molecule has 0 aliphatic carbocycles. The first-order valence-corrected chi connectivity index (χ1v) is 11.3. The van der Waals surface area contributed by atoms with Gasteiger partial charge < -0.3 is 5.32 Å². The summed E-state index contributed by atoms with van der Waals surface area (Å²) in [6.07, 6.45) is 4.73. The monoisotopic (exact) mass is 438 g/mol. The van der Waals surface area contributed by atoms with Crippen LogP contribution >= 0.6 is 46.7 Å². The van der Waals surface area contributed by atoms with Gasteiger partial charge in [0.2, 0.25) is 11.0 Å². The van der Waals surface area contributed by atoms with Crippen LogP contribution in [0.25, 0.3) is 6.08 Å². The summed E-state index contributed by atoms with van der Waals surface area (Å²) < 4.78 is 0.604. The highest BCUT2D eigenvalue weighted by Gasteiger charge is 2.31.